The van der Waals surface area contributed by atoms with Crippen molar-refractivity contribution >= 4 is 28.2 Å². The monoisotopic (exact) mass is 298 g/mol. The van der Waals surface area contributed by atoms with Crippen LogP contribution in [0.5, 0.6) is 0 Å². The average molecular weight is 299 g/mol. The number of nitrogens with zero attached hydrogens (tertiary/aromatic N) is 1. The van der Waals surface area contributed by atoms with Crippen molar-refractivity contribution < 1.29 is 0 Å². The molecule has 0 aliphatic rings. The molecule has 2 aromatic carbocycles. The summed E-state index contributed by atoms with van der Waals surface area (Å²) in [6.45, 7) is 5.06. The molecule has 108 valence electrons. The Hall–Kier alpha value is -1.93. The second kappa shape index (κ2) is 5.45. The van der Waals surface area contributed by atoms with E-state index in [1.54, 1.807) is 0 Å². The molecule has 3 aromatic rings. The van der Waals surface area contributed by atoms with Gasteiger partial charge in [-0.3, -0.25) is 0 Å². The molecule has 0 fully saturated rings. The summed E-state index contributed by atoms with van der Waals surface area (Å²) in [5, 5.41) is 5.59. The van der Waals surface area contributed by atoms with Crippen molar-refractivity contribution in [1.82, 2.24) is 4.57 Å². The molecule has 0 bridgehead atoms. The van der Waals surface area contributed by atoms with Crippen LogP contribution in [0.15, 0.2) is 42.5 Å². The minimum atomic E-state index is 0.761. The zero-order valence-electron chi connectivity index (χ0n) is 12.6. The summed E-state index contributed by atoms with van der Waals surface area (Å²) in [6.07, 6.45) is 0. The molecule has 0 atom stereocenters. The average Bonchev–Trinajstić information content (AvgIpc) is 2.73. The number of benzene rings is 2. The molecule has 2 nitrogen and oxygen atoms in total. The quantitative estimate of drug-likeness (QED) is 0.715. The van der Waals surface area contributed by atoms with Crippen LogP contribution in [0.1, 0.15) is 16.8 Å². The Morgan fingerprint density at radius 1 is 1.10 bits per heavy atom. The molecule has 0 aliphatic carbocycles. The van der Waals surface area contributed by atoms with Crippen LogP contribution in [0.3, 0.4) is 0 Å². The van der Waals surface area contributed by atoms with Gasteiger partial charge in [0.05, 0.1) is 6.54 Å². The van der Waals surface area contributed by atoms with Gasteiger partial charge in [-0.1, -0.05) is 35.9 Å². The number of nitrogens with one attached hydrogen (secondary N) is 1. The first-order valence-corrected chi connectivity index (χ1v) is 7.48. The van der Waals surface area contributed by atoms with Crippen LogP contribution < -0.4 is 5.32 Å². The molecular formula is C18H19ClN2. The number of rotatable bonds is 3. The van der Waals surface area contributed by atoms with E-state index in [0.29, 0.717) is 0 Å². The zero-order chi connectivity index (χ0) is 15.0. The van der Waals surface area contributed by atoms with Gasteiger partial charge < -0.3 is 9.88 Å². The van der Waals surface area contributed by atoms with E-state index in [-0.39, 0.29) is 0 Å². The fourth-order valence-electron chi connectivity index (χ4n) is 2.85. The highest BCUT2D eigenvalue weighted by Crippen LogP contribution is 2.26. The lowest BCUT2D eigenvalue weighted by Gasteiger charge is -2.12. The minimum Gasteiger partial charge on any atom is -0.379 e. The van der Waals surface area contributed by atoms with Gasteiger partial charge in [0.25, 0.3) is 0 Å². The highest BCUT2D eigenvalue weighted by molar-refractivity contribution is 6.30. The molecule has 0 unspecified atom stereocenters. The number of aromatic nitrogens is 1. The lowest BCUT2D eigenvalue weighted by molar-refractivity contribution is 0.862. The summed E-state index contributed by atoms with van der Waals surface area (Å²) in [6, 6.07) is 14.5. The predicted molar refractivity (Wildman–Crippen MR) is 91.2 cm³/mol. The first-order chi connectivity index (χ1) is 10.1. The highest BCUT2D eigenvalue weighted by atomic mass is 35.5. The summed E-state index contributed by atoms with van der Waals surface area (Å²) in [7, 11) is 2.12. The Kier molecular flexibility index (Phi) is 3.64. The van der Waals surface area contributed by atoms with Crippen LogP contribution in [0.4, 0.5) is 5.69 Å². The van der Waals surface area contributed by atoms with E-state index < -0.39 is 0 Å². The van der Waals surface area contributed by atoms with Crippen LogP contribution in [-0.2, 0) is 13.6 Å². The van der Waals surface area contributed by atoms with Crippen LogP contribution in [0.25, 0.3) is 10.9 Å². The maximum Gasteiger partial charge on any atom is 0.0556 e. The van der Waals surface area contributed by atoms with Gasteiger partial charge in [-0.25, -0.2) is 0 Å². The van der Waals surface area contributed by atoms with Crippen molar-refractivity contribution in [2.45, 2.75) is 20.4 Å². The predicted octanol–water partition coefficient (Wildman–Crippen LogP) is 5.06. The molecule has 0 saturated heterocycles. The number of halogens is 1. The van der Waals surface area contributed by atoms with Gasteiger partial charge in [-0.05, 0) is 43.2 Å². The Balaban J connectivity index is 1.94. The maximum absolute atomic E-state index is 6.08. The lowest BCUT2D eigenvalue weighted by atomic mass is 10.1. The third-order valence-electron chi connectivity index (χ3n) is 4.15. The topological polar surface area (TPSA) is 17.0 Å². The molecule has 1 heterocycles. The fourth-order valence-corrected chi connectivity index (χ4v) is 3.02. The standard InChI is InChI=1S/C18H19ClN2/c1-12-8-9-14(19)10-16(12)20-11-18-13(2)15-6-4-5-7-17(15)21(18)3/h4-10,20H,11H2,1-3H3. The van der Waals surface area contributed by atoms with E-state index in [9.17, 15) is 0 Å². The third kappa shape index (κ3) is 2.52. The number of anilines is 1. The van der Waals surface area contributed by atoms with E-state index in [0.717, 1.165) is 17.3 Å². The Bertz CT molecular complexity index is 763. The van der Waals surface area contributed by atoms with Gasteiger partial charge in [-0.2, -0.15) is 0 Å². The number of hydrogen-bond donors (Lipinski definition) is 1. The van der Waals surface area contributed by atoms with E-state index in [1.165, 1.54) is 27.7 Å². The Morgan fingerprint density at radius 2 is 1.86 bits per heavy atom. The molecule has 1 N–H and O–H groups in total. The van der Waals surface area contributed by atoms with E-state index in [2.05, 4.69) is 55.0 Å². The summed E-state index contributed by atoms with van der Waals surface area (Å²) in [5.74, 6) is 0. The van der Waals surface area contributed by atoms with Crippen LogP contribution in [-0.4, -0.2) is 4.57 Å². The molecular weight excluding hydrogens is 280 g/mol. The largest absolute Gasteiger partial charge is 0.379 e. The Labute approximate surface area is 130 Å². The summed E-state index contributed by atoms with van der Waals surface area (Å²) in [4.78, 5) is 0. The second-order valence-electron chi connectivity index (χ2n) is 5.46. The van der Waals surface area contributed by atoms with Crippen LogP contribution >= 0.6 is 11.6 Å². The molecule has 0 aliphatic heterocycles. The summed E-state index contributed by atoms with van der Waals surface area (Å²) >= 11 is 6.08. The molecule has 1 aromatic heterocycles. The van der Waals surface area contributed by atoms with Crippen molar-refractivity contribution in [3.05, 3.63) is 64.3 Å². The molecule has 3 rings (SSSR count). The molecule has 21 heavy (non-hydrogen) atoms. The lowest BCUT2D eigenvalue weighted by Crippen LogP contribution is -2.06. The number of hydrogen-bond acceptors (Lipinski definition) is 1. The number of aryl methyl sites for hydroxylation is 3. The van der Waals surface area contributed by atoms with E-state index >= 15 is 0 Å². The first-order valence-electron chi connectivity index (χ1n) is 7.11. The van der Waals surface area contributed by atoms with Gasteiger partial charge in [0.15, 0.2) is 0 Å². The van der Waals surface area contributed by atoms with Gasteiger partial charge in [0, 0.05) is 34.4 Å². The molecule has 0 amide bonds. The normalized spacial score (nSPS) is 11.0. The van der Waals surface area contributed by atoms with Gasteiger partial charge in [0.2, 0.25) is 0 Å². The van der Waals surface area contributed by atoms with Crippen molar-refractivity contribution in [2.75, 3.05) is 5.32 Å². The number of fused-ring (bicyclic) bond motifs is 1. The highest BCUT2D eigenvalue weighted by Gasteiger charge is 2.11. The second-order valence-corrected chi connectivity index (χ2v) is 5.90. The summed E-state index contributed by atoms with van der Waals surface area (Å²) in [5.41, 5.74) is 6.20. The van der Waals surface area contributed by atoms with Gasteiger partial charge in [0.1, 0.15) is 0 Å². The van der Waals surface area contributed by atoms with E-state index in [4.69, 9.17) is 11.6 Å². The molecule has 0 spiro atoms. The van der Waals surface area contributed by atoms with Gasteiger partial charge >= 0.3 is 0 Å². The van der Waals surface area contributed by atoms with Crippen molar-refractivity contribution in [1.29, 1.82) is 0 Å². The SMILES string of the molecule is Cc1ccc(Cl)cc1NCc1c(C)c2ccccc2n1C. The van der Waals surface area contributed by atoms with Crippen molar-refractivity contribution in [3.8, 4) is 0 Å². The molecule has 3 heteroatoms. The maximum atomic E-state index is 6.08. The smallest absolute Gasteiger partial charge is 0.0556 e. The summed E-state index contributed by atoms with van der Waals surface area (Å²) < 4.78 is 2.26. The molecule has 0 radical (unpaired) electrons. The van der Waals surface area contributed by atoms with Crippen LogP contribution in [0, 0.1) is 13.8 Å². The minimum absolute atomic E-state index is 0.761. The van der Waals surface area contributed by atoms with Crippen molar-refractivity contribution in [3.63, 3.8) is 0 Å². The number of para-hydroxylation sites is 1. The van der Waals surface area contributed by atoms with E-state index in [1.807, 2.05) is 18.2 Å². The van der Waals surface area contributed by atoms with Crippen molar-refractivity contribution in [2.24, 2.45) is 7.05 Å². The van der Waals surface area contributed by atoms with Crippen LogP contribution in [0.2, 0.25) is 5.02 Å². The molecule has 0 saturated carbocycles. The first kappa shape index (κ1) is 14.0. The zero-order valence-corrected chi connectivity index (χ0v) is 13.3. The fraction of sp³-hybridized carbons (Fsp3) is 0.222. The third-order valence-corrected chi connectivity index (χ3v) is 4.39. The Morgan fingerprint density at radius 3 is 2.62 bits per heavy atom. The van der Waals surface area contributed by atoms with Gasteiger partial charge in [-0.15, -0.1) is 0 Å².